The lowest BCUT2D eigenvalue weighted by atomic mass is 10.1. The van der Waals surface area contributed by atoms with Crippen LogP contribution in [0.3, 0.4) is 0 Å². The average Bonchev–Trinajstić information content (AvgIpc) is 2.18. The van der Waals surface area contributed by atoms with Gasteiger partial charge in [-0.15, -0.1) is 0 Å². The summed E-state index contributed by atoms with van der Waals surface area (Å²) in [7, 11) is 3.84. The van der Waals surface area contributed by atoms with Crippen molar-refractivity contribution in [3.05, 3.63) is 18.0 Å². The third-order valence-corrected chi connectivity index (χ3v) is 2.09. The van der Waals surface area contributed by atoms with Crippen molar-refractivity contribution in [2.24, 2.45) is 5.73 Å². The maximum atomic E-state index is 5.94. The molecule has 0 bridgehead atoms. The van der Waals surface area contributed by atoms with Gasteiger partial charge in [0.25, 0.3) is 0 Å². The Labute approximate surface area is 85.2 Å². The van der Waals surface area contributed by atoms with E-state index in [1.54, 1.807) is 0 Å². The molecule has 14 heavy (non-hydrogen) atoms. The van der Waals surface area contributed by atoms with E-state index in [-0.39, 0.29) is 6.04 Å². The first-order valence-electron chi connectivity index (χ1n) is 4.90. The zero-order valence-electron chi connectivity index (χ0n) is 9.07. The van der Waals surface area contributed by atoms with Crippen LogP contribution in [0.4, 0.5) is 5.95 Å². The van der Waals surface area contributed by atoms with E-state index in [9.17, 15) is 0 Å². The van der Waals surface area contributed by atoms with E-state index in [0.29, 0.717) is 0 Å². The molecule has 4 nitrogen and oxygen atoms in total. The van der Waals surface area contributed by atoms with E-state index in [1.807, 2.05) is 31.4 Å². The van der Waals surface area contributed by atoms with Gasteiger partial charge in [0.15, 0.2) is 0 Å². The number of hydrogen-bond acceptors (Lipinski definition) is 4. The number of anilines is 1. The van der Waals surface area contributed by atoms with Gasteiger partial charge in [-0.05, 0) is 6.42 Å². The van der Waals surface area contributed by atoms with Crippen molar-refractivity contribution >= 4 is 5.95 Å². The number of aromatic nitrogens is 2. The van der Waals surface area contributed by atoms with Gasteiger partial charge >= 0.3 is 0 Å². The molecule has 1 atom stereocenters. The summed E-state index contributed by atoms with van der Waals surface area (Å²) in [5.74, 6) is 0.720. The molecule has 1 heterocycles. The second-order valence-electron chi connectivity index (χ2n) is 3.61. The van der Waals surface area contributed by atoms with Crippen LogP contribution in [0.5, 0.6) is 0 Å². The van der Waals surface area contributed by atoms with Crippen molar-refractivity contribution in [3.63, 3.8) is 0 Å². The predicted octanol–water partition coefficient (Wildman–Crippen LogP) is 1.34. The second kappa shape index (κ2) is 4.91. The maximum Gasteiger partial charge on any atom is 0.224 e. The summed E-state index contributed by atoms with van der Waals surface area (Å²) in [4.78, 5) is 10.3. The lowest BCUT2D eigenvalue weighted by Crippen LogP contribution is -2.15. The zero-order chi connectivity index (χ0) is 10.6. The van der Waals surface area contributed by atoms with Crippen LogP contribution in [0, 0.1) is 0 Å². The van der Waals surface area contributed by atoms with E-state index in [4.69, 9.17) is 5.73 Å². The Morgan fingerprint density at radius 2 is 1.93 bits per heavy atom. The second-order valence-corrected chi connectivity index (χ2v) is 3.61. The molecule has 0 aliphatic heterocycles. The smallest absolute Gasteiger partial charge is 0.224 e. The largest absolute Gasteiger partial charge is 0.347 e. The van der Waals surface area contributed by atoms with E-state index in [2.05, 4.69) is 16.9 Å². The summed E-state index contributed by atoms with van der Waals surface area (Å²) >= 11 is 0. The quantitative estimate of drug-likeness (QED) is 0.786. The fourth-order valence-electron chi connectivity index (χ4n) is 1.23. The topological polar surface area (TPSA) is 55.0 Å². The van der Waals surface area contributed by atoms with Gasteiger partial charge in [0.1, 0.15) is 0 Å². The molecule has 0 radical (unpaired) electrons. The minimum Gasteiger partial charge on any atom is -0.347 e. The highest BCUT2D eigenvalue weighted by Gasteiger charge is 2.06. The van der Waals surface area contributed by atoms with Crippen molar-refractivity contribution in [1.82, 2.24) is 9.97 Å². The van der Waals surface area contributed by atoms with E-state index < -0.39 is 0 Å². The number of nitrogens with zero attached hydrogens (tertiary/aromatic N) is 3. The van der Waals surface area contributed by atoms with E-state index in [0.717, 1.165) is 24.4 Å². The summed E-state index contributed by atoms with van der Waals surface area (Å²) in [6.45, 7) is 2.12. The van der Waals surface area contributed by atoms with Gasteiger partial charge in [-0.3, -0.25) is 0 Å². The van der Waals surface area contributed by atoms with Gasteiger partial charge in [0, 0.05) is 38.1 Å². The summed E-state index contributed by atoms with van der Waals surface area (Å²) in [5, 5.41) is 0. The molecule has 0 saturated heterocycles. The Bertz CT molecular complexity index is 268. The summed E-state index contributed by atoms with van der Waals surface area (Å²) in [6, 6.07) is 0.0659. The van der Waals surface area contributed by atoms with Crippen LogP contribution >= 0.6 is 0 Å². The van der Waals surface area contributed by atoms with Crippen LogP contribution < -0.4 is 10.6 Å². The fraction of sp³-hybridized carbons (Fsp3) is 0.600. The highest BCUT2D eigenvalue weighted by molar-refractivity contribution is 5.27. The van der Waals surface area contributed by atoms with Crippen LogP contribution in [0.25, 0.3) is 0 Å². The van der Waals surface area contributed by atoms with Crippen LogP contribution in [0.1, 0.15) is 31.4 Å². The van der Waals surface area contributed by atoms with Crippen LogP contribution in [-0.4, -0.2) is 24.1 Å². The molecule has 1 aromatic rings. The Morgan fingerprint density at radius 3 is 2.36 bits per heavy atom. The molecule has 0 aromatic carbocycles. The molecule has 0 fully saturated rings. The van der Waals surface area contributed by atoms with Crippen LogP contribution in [-0.2, 0) is 0 Å². The molecule has 0 spiro atoms. The predicted molar refractivity (Wildman–Crippen MR) is 58.2 cm³/mol. The molecule has 2 N–H and O–H groups in total. The Morgan fingerprint density at radius 1 is 1.36 bits per heavy atom. The number of hydrogen-bond donors (Lipinski definition) is 1. The Kier molecular flexibility index (Phi) is 3.83. The standard InChI is InChI=1S/C10H18N4/c1-4-5-9(11)8-6-12-10(13-7-8)14(2)3/h6-7,9H,4-5,11H2,1-3H3. The lowest BCUT2D eigenvalue weighted by Gasteiger charge is -2.12. The van der Waals surface area contributed by atoms with Gasteiger partial charge < -0.3 is 10.6 Å². The number of nitrogens with two attached hydrogens (primary N) is 1. The Balaban J connectivity index is 2.72. The molecule has 78 valence electrons. The summed E-state index contributed by atoms with van der Waals surface area (Å²) in [6.07, 6.45) is 5.67. The average molecular weight is 194 g/mol. The first kappa shape index (κ1) is 10.9. The van der Waals surface area contributed by atoms with E-state index >= 15 is 0 Å². The Hall–Kier alpha value is -1.16. The highest BCUT2D eigenvalue weighted by atomic mass is 15.2. The SMILES string of the molecule is CCCC(N)c1cnc(N(C)C)nc1. The first-order valence-corrected chi connectivity index (χ1v) is 4.90. The van der Waals surface area contributed by atoms with Gasteiger partial charge in [0.05, 0.1) is 0 Å². The molecule has 1 aromatic heterocycles. The monoisotopic (exact) mass is 194 g/mol. The summed E-state index contributed by atoms with van der Waals surface area (Å²) in [5.41, 5.74) is 6.95. The van der Waals surface area contributed by atoms with Crippen LogP contribution in [0.15, 0.2) is 12.4 Å². The molecule has 4 heteroatoms. The minimum absolute atomic E-state index is 0.0659. The maximum absolute atomic E-state index is 5.94. The lowest BCUT2D eigenvalue weighted by molar-refractivity contribution is 0.633. The zero-order valence-corrected chi connectivity index (χ0v) is 9.07. The van der Waals surface area contributed by atoms with Crippen molar-refractivity contribution in [2.45, 2.75) is 25.8 Å². The highest BCUT2D eigenvalue weighted by Crippen LogP contribution is 2.14. The minimum atomic E-state index is 0.0659. The first-order chi connectivity index (χ1) is 6.65. The van der Waals surface area contributed by atoms with Crippen molar-refractivity contribution in [2.75, 3.05) is 19.0 Å². The number of rotatable bonds is 4. The molecule has 1 rings (SSSR count). The molecular formula is C10H18N4. The third kappa shape index (κ3) is 2.67. The van der Waals surface area contributed by atoms with Crippen molar-refractivity contribution < 1.29 is 0 Å². The molecule has 0 aliphatic rings. The normalized spacial score (nSPS) is 12.6. The fourth-order valence-corrected chi connectivity index (χ4v) is 1.23. The van der Waals surface area contributed by atoms with Crippen molar-refractivity contribution in [3.8, 4) is 0 Å². The molecule has 0 saturated carbocycles. The van der Waals surface area contributed by atoms with E-state index in [1.165, 1.54) is 0 Å². The van der Waals surface area contributed by atoms with Gasteiger partial charge in [-0.1, -0.05) is 13.3 Å². The third-order valence-electron chi connectivity index (χ3n) is 2.09. The molecular weight excluding hydrogens is 176 g/mol. The van der Waals surface area contributed by atoms with Crippen LogP contribution in [0.2, 0.25) is 0 Å². The van der Waals surface area contributed by atoms with Gasteiger partial charge in [-0.25, -0.2) is 9.97 Å². The van der Waals surface area contributed by atoms with Gasteiger partial charge in [-0.2, -0.15) is 0 Å². The van der Waals surface area contributed by atoms with Crippen molar-refractivity contribution in [1.29, 1.82) is 0 Å². The molecule has 0 amide bonds. The van der Waals surface area contributed by atoms with Gasteiger partial charge in [0.2, 0.25) is 5.95 Å². The molecule has 1 unspecified atom stereocenters. The molecule has 0 aliphatic carbocycles. The summed E-state index contributed by atoms with van der Waals surface area (Å²) < 4.78 is 0.